The van der Waals surface area contributed by atoms with Crippen molar-refractivity contribution >= 4 is 11.6 Å². The molecule has 2 aromatic rings. The molecule has 108 valence electrons. The summed E-state index contributed by atoms with van der Waals surface area (Å²) in [6, 6.07) is 11.6. The van der Waals surface area contributed by atoms with Gasteiger partial charge in [0.15, 0.2) is 0 Å². The van der Waals surface area contributed by atoms with E-state index in [4.69, 9.17) is 21.4 Å². The molecule has 0 fully saturated rings. The molecule has 0 saturated carbocycles. The van der Waals surface area contributed by atoms with Gasteiger partial charge in [0.1, 0.15) is 18.2 Å². The first-order valence-corrected chi connectivity index (χ1v) is 6.84. The van der Waals surface area contributed by atoms with Crippen LogP contribution in [-0.2, 0) is 6.61 Å². The van der Waals surface area contributed by atoms with E-state index in [2.05, 4.69) is 11.8 Å². The standard InChI is InChI=1S/C17H14ClFO2/c18-16-11-15(19)8-9-17(16)21-12-14-7-2-1-5-13(14)6-3-4-10-20/h1-2,5,7-9,11,20H,4,10,12H2. The molecule has 0 atom stereocenters. The van der Waals surface area contributed by atoms with Crippen molar-refractivity contribution in [3.8, 4) is 17.6 Å². The van der Waals surface area contributed by atoms with Crippen LogP contribution in [0.1, 0.15) is 17.5 Å². The van der Waals surface area contributed by atoms with E-state index in [0.717, 1.165) is 11.1 Å². The van der Waals surface area contributed by atoms with Gasteiger partial charge in [0.05, 0.1) is 11.6 Å². The molecular formula is C17H14ClFO2. The van der Waals surface area contributed by atoms with Gasteiger partial charge >= 0.3 is 0 Å². The third-order valence-electron chi connectivity index (χ3n) is 2.75. The first kappa shape index (κ1) is 15.4. The first-order chi connectivity index (χ1) is 10.2. The largest absolute Gasteiger partial charge is 0.487 e. The molecule has 1 N–H and O–H groups in total. The predicted molar refractivity (Wildman–Crippen MR) is 80.8 cm³/mol. The molecule has 0 unspecified atom stereocenters. The molecule has 0 aliphatic heterocycles. The Labute approximate surface area is 128 Å². The van der Waals surface area contributed by atoms with E-state index in [1.54, 1.807) is 0 Å². The Hall–Kier alpha value is -2.02. The fourth-order valence-corrected chi connectivity index (χ4v) is 1.95. The summed E-state index contributed by atoms with van der Waals surface area (Å²) in [5, 5.41) is 8.98. The Morgan fingerprint density at radius 1 is 1.19 bits per heavy atom. The van der Waals surface area contributed by atoms with E-state index in [1.165, 1.54) is 18.2 Å². The van der Waals surface area contributed by atoms with Crippen molar-refractivity contribution in [2.75, 3.05) is 6.61 Å². The second-order valence-electron chi connectivity index (χ2n) is 4.30. The molecule has 0 bridgehead atoms. The van der Waals surface area contributed by atoms with E-state index >= 15 is 0 Å². The SMILES string of the molecule is OCCC#Cc1ccccc1COc1ccc(F)cc1Cl. The van der Waals surface area contributed by atoms with E-state index in [1.807, 2.05) is 24.3 Å². The van der Waals surface area contributed by atoms with Crippen LogP contribution in [0.25, 0.3) is 0 Å². The summed E-state index contributed by atoms with van der Waals surface area (Å²) in [6.07, 6.45) is 0.430. The molecule has 0 radical (unpaired) electrons. The highest BCUT2D eigenvalue weighted by molar-refractivity contribution is 6.32. The Bertz CT molecular complexity index is 674. The zero-order chi connectivity index (χ0) is 15.1. The van der Waals surface area contributed by atoms with Crippen LogP contribution in [-0.4, -0.2) is 11.7 Å². The highest BCUT2D eigenvalue weighted by Gasteiger charge is 2.05. The number of hydrogen-bond donors (Lipinski definition) is 1. The predicted octanol–water partition coefficient (Wildman–Crippen LogP) is 3.79. The van der Waals surface area contributed by atoms with Gasteiger partial charge in [-0.05, 0) is 24.3 Å². The number of halogens is 2. The molecule has 0 spiro atoms. The zero-order valence-electron chi connectivity index (χ0n) is 11.3. The van der Waals surface area contributed by atoms with E-state index in [9.17, 15) is 4.39 Å². The van der Waals surface area contributed by atoms with Gasteiger partial charge in [-0.15, -0.1) is 0 Å². The van der Waals surface area contributed by atoms with E-state index < -0.39 is 5.82 Å². The lowest BCUT2D eigenvalue weighted by atomic mass is 10.1. The van der Waals surface area contributed by atoms with Gasteiger partial charge in [-0.1, -0.05) is 41.6 Å². The lowest BCUT2D eigenvalue weighted by molar-refractivity contribution is 0.305. The maximum absolute atomic E-state index is 13.0. The van der Waals surface area contributed by atoms with Crippen LogP contribution in [0.15, 0.2) is 42.5 Å². The van der Waals surface area contributed by atoms with E-state index in [0.29, 0.717) is 12.2 Å². The zero-order valence-corrected chi connectivity index (χ0v) is 12.0. The monoisotopic (exact) mass is 304 g/mol. The lowest BCUT2D eigenvalue weighted by Crippen LogP contribution is -1.99. The summed E-state index contributed by atoms with van der Waals surface area (Å²) in [5.41, 5.74) is 1.74. The van der Waals surface area contributed by atoms with Gasteiger partial charge in [0.2, 0.25) is 0 Å². The van der Waals surface area contributed by atoms with Crippen LogP contribution in [0.2, 0.25) is 5.02 Å². The van der Waals surface area contributed by atoms with Crippen molar-refractivity contribution in [1.82, 2.24) is 0 Å². The van der Waals surface area contributed by atoms with Crippen molar-refractivity contribution in [3.63, 3.8) is 0 Å². The molecule has 0 aliphatic carbocycles. The minimum absolute atomic E-state index is 0.0385. The number of hydrogen-bond acceptors (Lipinski definition) is 2. The van der Waals surface area contributed by atoms with Crippen molar-refractivity contribution < 1.29 is 14.2 Å². The Morgan fingerprint density at radius 2 is 2.00 bits per heavy atom. The summed E-state index contributed by atoms with van der Waals surface area (Å²) in [5.74, 6) is 5.90. The molecule has 0 saturated heterocycles. The molecule has 2 nitrogen and oxygen atoms in total. The average molecular weight is 305 g/mol. The second kappa shape index (κ2) is 7.68. The van der Waals surface area contributed by atoms with Gasteiger partial charge in [0, 0.05) is 17.5 Å². The second-order valence-corrected chi connectivity index (χ2v) is 4.70. The summed E-state index contributed by atoms with van der Waals surface area (Å²) in [4.78, 5) is 0. The third kappa shape index (κ3) is 4.49. The Kier molecular flexibility index (Phi) is 5.62. The first-order valence-electron chi connectivity index (χ1n) is 6.46. The minimum Gasteiger partial charge on any atom is -0.487 e. The third-order valence-corrected chi connectivity index (χ3v) is 3.05. The average Bonchev–Trinajstić information content (AvgIpc) is 2.48. The van der Waals surface area contributed by atoms with Crippen LogP contribution in [0.5, 0.6) is 5.75 Å². The van der Waals surface area contributed by atoms with Crippen LogP contribution in [0, 0.1) is 17.7 Å². The van der Waals surface area contributed by atoms with Crippen molar-refractivity contribution in [2.24, 2.45) is 0 Å². The maximum Gasteiger partial charge on any atom is 0.138 e. The number of rotatable bonds is 4. The lowest BCUT2D eigenvalue weighted by Gasteiger charge is -2.09. The molecule has 0 aromatic heterocycles. The van der Waals surface area contributed by atoms with Crippen molar-refractivity contribution in [3.05, 3.63) is 64.4 Å². The van der Waals surface area contributed by atoms with Crippen molar-refractivity contribution in [1.29, 1.82) is 0 Å². The van der Waals surface area contributed by atoms with Gasteiger partial charge in [-0.2, -0.15) is 0 Å². The van der Waals surface area contributed by atoms with Crippen LogP contribution in [0.4, 0.5) is 4.39 Å². The van der Waals surface area contributed by atoms with E-state index in [-0.39, 0.29) is 18.2 Å². The highest BCUT2D eigenvalue weighted by Crippen LogP contribution is 2.26. The van der Waals surface area contributed by atoms with Crippen LogP contribution in [0.3, 0.4) is 0 Å². The summed E-state index contributed by atoms with van der Waals surface area (Å²) < 4.78 is 18.6. The van der Waals surface area contributed by atoms with Gasteiger partial charge in [-0.25, -0.2) is 4.39 Å². The smallest absolute Gasteiger partial charge is 0.138 e. The minimum atomic E-state index is -0.400. The van der Waals surface area contributed by atoms with Gasteiger partial charge in [-0.3, -0.25) is 0 Å². The molecule has 4 heteroatoms. The Morgan fingerprint density at radius 3 is 2.76 bits per heavy atom. The number of benzene rings is 2. The number of aliphatic hydroxyl groups excluding tert-OH is 1. The summed E-state index contributed by atoms with van der Waals surface area (Å²) in [6.45, 7) is 0.326. The number of aliphatic hydroxyl groups is 1. The fraction of sp³-hybridized carbons (Fsp3) is 0.176. The van der Waals surface area contributed by atoms with Crippen molar-refractivity contribution in [2.45, 2.75) is 13.0 Å². The molecule has 0 heterocycles. The molecular weight excluding hydrogens is 291 g/mol. The molecule has 2 aromatic carbocycles. The fourth-order valence-electron chi connectivity index (χ4n) is 1.73. The maximum atomic E-state index is 13.0. The summed E-state index contributed by atoms with van der Waals surface area (Å²) in [7, 11) is 0. The van der Waals surface area contributed by atoms with Gasteiger partial charge in [0.25, 0.3) is 0 Å². The molecule has 21 heavy (non-hydrogen) atoms. The Balaban J connectivity index is 2.11. The summed E-state index contributed by atoms with van der Waals surface area (Å²) >= 11 is 5.92. The quantitative estimate of drug-likeness (QED) is 0.871. The van der Waals surface area contributed by atoms with Crippen LogP contribution >= 0.6 is 11.6 Å². The van der Waals surface area contributed by atoms with Gasteiger partial charge < -0.3 is 9.84 Å². The molecule has 2 rings (SSSR count). The topological polar surface area (TPSA) is 29.5 Å². The normalized spacial score (nSPS) is 9.86. The molecule has 0 aliphatic rings. The molecule has 0 amide bonds. The number of ether oxygens (including phenoxy) is 1. The highest BCUT2D eigenvalue weighted by atomic mass is 35.5. The van der Waals surface area contributed by atoms with Crippen LogP contribution < -0.4 is 4.74 Å².